The van der Waals surface area contributed by atoms with E-state index in [1.54, 1.807) is 12.1 Å². The third kappa shape index (κ3) is 5.46. The first-order chi connectivity index (χ1) is 11.9. The average Bonchev–Trinajstić information content (AvgIpc) is 2.55. The van der Waals surface area contributed by atoms with Gasteiger partial charge in [-0.2, -0.15) is 0 Å². The van der Waals surface area contributed by atoms with Crippen LogP contribution in [0.15, 0.2) is 42.5 Å². The fraction of sp³-hybridized carbons (Fsp3) is 0.222. The van der Waals surface area contributed by atoms with Crippen molar-refractivity contribution in [2.45, 2.75) is 19.4 Å². The zero-order valence-corrected chi connectivity index (χ0v) is 14.2. The summed E-state index contributed by atoms with van der Waals surface area (Å²) in [5, 5.41) is 11.5. The summed E-state index contributed by atoms with van der Waals surface area (Å²) in [7, 11) is 0. The van der Waals surface area contributed by atoms with E-state index in [0.717, 1.165) is 11.6 Å². The van der Waals surface area contributed by atoms with Crippen LogP contribution in [0, 0.1) is 12.7 Å². The minimum Gasteiger partial charge on any atom is -0.484 e. The number of halogens is 2. The first-order valence-electron chi connectivity index (χ1n) is 7.51. The summed E-state index contributed by atoms with van der Waals surface area (Å²) in [5.41, 5.74) is 1.19. The topological polar surface area (TPSA) is 75.6 Å². The number of rotatable bonds is 7. The third-order valence-electron chi connectivity index (χ3n) is 3.51. The molecule has 2 aromatic rings. The minimum atomic E-state index is -1.12. The molecule has 1 amide bonds. The molecule has 2 aromatic carbocycles. The van der Waals surface area contributed by atoms with Gasteiger partial charge in [0.05, 0.1) is 17.5 Å². The number of nitrogens with one attached hydrogen (secondary N) is 1. The first kappa shape index (κ1) is 18.7. The fourth-order valence-electron chi connectivity index (χ4n) is 2.25. The van der Waals surface area contributed by atoms with E-state index in [4.69, 9.17) is 21.4 Å². The molecule has 2 N–H and O–H groups in total. The van der Waals surface area contributed by atoms with Crippen molar-refractivity contribution < 1.29 is 23.8 Å². The molecule has 0 fully saturated rings. The van der Waals surface area contributed by atoms with Crippen LogP contribution >= 0.6 is 11.6 Å². The molecule has 1 atom stereocenters. The van der Waals surface area contributed by atoms with Crippen molar-refractivity contribution in [2.75, 3.05) is 6.61 Å². The molecule has 0 unspecified atom stereocenters. The van der Waals surface area contributed by atoms with Crippen LogP contribution in [-0.4, -0.2) is 23.6 Å². The number of aryl methyl sites for hydroxylation is 1. The Labute approximate surface area is 149 Å². The Hall–Kier alpha value is -2.60. The molecule has 7 heteroatoms. The minimum absolute atomic E-state index is 0.0768. The van der Waals surface area contributed by atoms with Gasteiger partial charge in [0.2, 0.25) is 0 Å². The van der Waals surface area contributed by atoms with Crippen molar-refractivity contribution in [3.63, 3.8) is 0 Å². The Balaban J connectivity index is 2.05. The smallest absolute Gasteiger partial charge is 0.305 e. The summed E-state index contributed by atoms with van der Waals surface area (Å²) in [4.78, 5) is 23.1. The molecule has 0 saturated heterocycles. The van der Waals surface area contributed by atoms with E-state index in [9.17, 15) is 14.0 Å². The van der Waals surface area contributed by atoms with Gasteiger partial charge in [-0.15, -0.1) is 0 Å². The van der Waals surface area contributed by atoms with Crippen LogP contribution in [0.1, 0.15) is 23.6 Å². The van der Waals surface area contributed by atoms with E-state index in [2.05, 4.69) is 5.32 Å². The van der Waals surface area contributed by atoms with E-state index in [1.165, 1.54) is 12.1 Å². The van der Waals surface area contributed by atoms with E-state index >= 15 is 0 Å². The third-order valence-corrected chi connectivity index (χ3v) is 3.82. The highest BCUT2D eigenvalue weighted by Crippen LogP contribution is 2.23. The second-order valence-corrected chi connectivity index (χ2v) is 5.85. The normalized spacial score (nSPS) is 11.6. The van der Waals surface area contributed by atoms with E-state index in [1.807, 2.05) is 19.1 Å². The Bertz CT molecular complexity index is 781. The lowest BCUT2D eigenvalue weighted by Crippen LogP contribution is -2.34. The number of aliphatic carboxylic acids is 1. The molecular weight excluding hydrogens is 349 g/mol. The molecule has 0 spiro atoms. The van der Waals surface area contributed by atoms with Gasteiger partial charge in [0.1, 0.15) is 11.6 Å². The molecule has 0 saturated carbocycles. The monoisotopic (exact) mass is 365 g/mol. The number of carbonyl (C=O) groups is 2. The van der Waals surface area contributed by atoms with Crippen molar-refractivity contribution in [2.24, 2.45) is 0 Å². The second kappa shape index (κ2) is 8.48. The molecule has 0 aromatic heterocycles. The molecule has 0 aliphatic rings. The number of amides is 1. The zero-order chi connectivity index (χ0) is 18.4. The standard InChI is InChI=1S/C18H17ClFNO4/c1-11-4-2-3-5-16(11)25-10-17(22)21-15(9-18(23)24)12-6-7-13(19)14(20)8-12/h2-8,15H,9-10H2,1H3,(H,21,22)(H,23,24)/t15-/m0/s1. The second-order valence-electron chi connectivity index (χ2n) is 5.45. The van der Waals surface area contributed by atoms with Gasteiger partial charge in [-0.3, -0.25) is 9.59 Å². The van der Waals surface area contributed by atoms with Crippen LogP contribution in [0.5, 0.6) is 5.75 Å². The first-order valence-corrected chi connectivity index (χ1v) is 7.89. The number of hydrogen-bond acceptors (Lipinski definition) is 3. The Morgan fingerprint density at radius 2 is 2.00 bits per heavy atom. The van der Waals surface area contributed by atoms with Crippen molar-refractivity contribution in [3.05, 3.63) is 64.4 Å². The Morgan fingerprint density at radius 3 is 2.64 bits per heavy atom. The van der Waals surface area contributed by atoms with Crippen molar-refractivity contribution >= 4 is 23.5 Å². The summed E-state index contributed by atoms with van der Waals surface area (Å²) < 4.78 is 19.0. The number of hydrogen-bond donors (Lipinski definition) is 2. The van der Waals surface area contributed by atoms with E-state index in [0.29, 0.717) is 11.3 Å². The van der Waals surface area contributed by atoms with Gasteiger partial charge in [0, 0.05) is 0 Å². The van der Waals surface area contributed by atoms with Crippen molar-refractivity contribution in [3.8, 4) is 5.75 Å². The average molecular weight is 366 g/mol. The van der Waals surface area contributed by atoms with Gasteiger partial charge in [-0.1, -0.05) is 35.9 Å². The van der Waals surface area contributed by atoms with Crippen molar-refractivity contribution in [1.82, 2.24) is 5.32 Å². The van der Waals surface area contributed by atoms with Crippen LogP contribution < -0.4 is 10.1 Å². The van der Waals surface area contributed by atoms with Gasteiger partial charge in [0.25, 0.3) is 5.91 Å². The van der Waals surface area contributed by atoms with Crippen LogP contribution in [0.2, 0.25) is 5.02 Å². The molecule has 25 heavy (non-hydrogen) atoms. The van der Waals surface area contributed by atoms with Gasteiger partial charge in [-0.05, 0) is 36.2 Å². The number of carboxylic acid groups (broad SMARTS) is 1. The van der Waals surface area contributed by atoms with Crippen LogP contribution in [0.3, 0.4) is 0 Å². The number of benzene rings is 2. The van der Waals surface area contributed by atoms with Gasteiger partial charge in [-0.25, -0.2) is 4.39 Å². The summed E-state index contributed by atoms with van der Waals surface area (Å²) in [6, 6.07) is 10.2. The number of ether oxygens (including phenoxy) is 1. The Morgan fingerprint density at radius 1 is 1.28 bits per heavy atom. The molecule has 0 aliphatic carbocycles. The van der Waals surface area contributed by atoms with Gasteiger partial charge in [0.15, 0.2) is 6.61 Å². The predicted molar refractivity (Wildman–Crippen MR) is 91.2 cm³/mol. The van der Waals surface area contributed by atoms with Crippen LogP contribution in [0.25, 0.3) is 0 Å². The number of para-hydroxylation sites is 1. The van der Waals surface area contributed by atoms with Crippen LogP contribution in [0.4, 0.5) is 4.39 Å². The lowest BCUT2D eigenvalue weighted by Gasteiger charge is -2.18. The van der Waals surface area contributed by atoms with Crippen molar-refractivity contribution in [1.29, 1.82) is 0 Å². The van der Waals surface area contributed by atoms with E-state index in [-0.39, 0.29) is 11.6 Å². The van der Waals surface area contributed by atoms with Gasteiger partial charge < -0.3 is 15.2 Å². The molecular formula is C18H17ClFNO4. The maximum Gasteiger partial charge on any atom is 0.305 e. The highest BCUT2D eigenvalue weighted by Gasteiger charge is 2.19. The maximum absolute atomic E-state index is 13.6. The predicted octanol–water partition coefficient (Wildman–Crippen LogP) is 3.50. The molecule has 132 valence electrons. The fourth-order valence-corrected chi connectivity index (χ4v) is 2.37. The molecule has 0 radical (unpaired) electrons. The molecule has 0 aliphatic heterocycles. The number of carboxylic acids is 1. The summed E-state index contributed by atoms with van der Waals surface area (Å²) in [6.45, 7) is 1.56. The SMILES string of the molecule is Cc1ccccc1OCC(=O)N[C@@H](CC(=O)O)c1ccc(Cl)c(F)c1. The molecule has 2 rings (SSSR count). The lowest BCUT2D eigenvalue weighted by molar-refractivity contribution is -0.137. The maximum atomic E-state index is 13.6. The largest absolute Gasteiger partial charge is 0.484 e. The summed E-state index contributed by atoms with van der Waals surface area (Å²) in [5.74, 6) is -1.75. The zero-order valence-electron chi connectivity index (χ0n) is 13.5. The number of carbonyl (C=O) groups excluding carboxylic acids is 1. The highest BCUT2D eigenvalue weighted by atomic mass is 35.5. The highest BCUT2D eigenvalue weighted by molar-refractivity contribution is 6.30. The lowest BCUT2D eigenvalue weighted by atomic mass is 10.0. The Kier molecular flexibility index (Phi) is 6.36. The summed E-state index contributed by atoms with van der Waals surface area (Å²) >= 11 is 5.63. The molecule has 5 nitrogen and oxygen atoms in total. The molecule has 0 heterocycles. The van der Waals surface area contributed by atoms with E-state index < -0.39 is 30.2 Å². The quantitative estimate of drug-likeness (QED) is 0.787. The summed E-state index contributed by atoms with van der Waals surface area (Å²) in [6.07, 6.45) is -0.392. The van der Waals surface area contributed by atoms with Gasteiger partial charge >= 0.3 is 5.97 Å². The van der Waals surface area contributed by atoms with Crippen LogP contribution in [-0.2, 0) is 9.59 Å². The molecule has 0 bridgehead atoms.